The molecule has 4 aliphatic heterocycles. The molecule has 0 unspecified atom stereocenters. The molecule has 0 N–H and O–H groups in total. The molecule has 7 aromatic carbocycles. The van der Waals surface area contributed by atoms with E-state index < -0.39 is 0 Å². The zero-order chi connectivity index (χ0) is 45.2. The van der Waals surface area contributed by atoms with E-state index in [1.54, 1.807) is 0 Å². The zero-order valence-electron chi connectivity index (χ0n) is 38.4. The van der Waals surface area contributed by atoms with E-state index in [-0.39, 0.29) is 0 Å². The van der Waals surface area contributed by atoms with Crippen LogP contribution in [0.1, 0.15) is 22.3 Å². The molecule has 0 atom stereocenters. The first kappa shape index (κ1) is 40.2. The summed E-state index contributed by atoms with van der Waals surface area (Å²) >= 11 is 0. The number of hydrogen-bond donors (Lipinski definition) is 0. The van der Waals surface area contributed by atoms with E-state index >= 15 is 0 Å². The summed E-state index contributed by atoms with van der Waals surface area (Å²) in [6.45, 7) is 11.4. The summed E-state index contributed by atoms with van der Waals surface area (Å²) in [7, 11) is 0. The summed E-state index contributed by atoms with van der Waals surface area (Å²) in [4.78, 5) is 18.6. The van der Waals surface area contributed by atoms with E-state index in [9.17, 15) is 0 Å². The Morgan fingerprint density at radius 1 is 0.239 bits per heavy atom. The van der Waals surface area contributed by atoms with Crippen LogP contribution < -0.4 is 39.2 Å². The number of fused-ring (bicyclic) bond motifs is 3. The maximum Gasteiger partial charge on any atom is 0.0989 e. The molecule has 0 amide bonds. The summed E-state index contributed by atoms with van der Waals surface area (Å²) in [5, 5.41) is 2.43. The van der Waals surface area contributed by atoms with Crippen molar-refractivity contribution in [1.82, 2.24) is 4.57 Å². The van der Waals surface area contributed by atoms with Crippen LogP contribution in [0, 0.1) is 27.7 Å². The SMILES string of the molecule is Cc1ccc(N2C=CN(c3cc(N4C=CN(c5ccc(C)cc5)C4)cc(-n4c5cc(N6C=CN(c7ccc(C)cc7)C6)ccc5c5ccc(N6C=CN(c7ccc(C)cc7)C6)cc54)c3)C2)cc1. The van der Waals surface area contributed by atoms with Gasteiger partial charge in [-0.2, -0.15) is 0 Å². The van der Waals surface area contributed by atoms with Crippen LogP contribution in [-0.2, 0) is 0 Å². The molecule has 4 aliphatic rings. The van der Waals surface area contributed by atoms with Crippen LogP contribution in [0.4, 0.5) is 45.5 Å². The van der Waals surface area contributed by atoms with E-state index in [1.165, 1.54) is 55.8 Å². The molecule has 12 rings (SSSR count). The van der Waals surface area contributed by atoms with Crippen molar-refractivity contribution in [3.63, 3.8) is 0 Å². The third-order valence-electron chi connectivity index (χ3n) is 13.6. The van der Waals surface area contributed by atoms with Crippen LogP contribution in [0.5, 0.6) is 0 Å². The lowest BCUT2D eigenvalue weighted by molar-refractivity contribution is 0.959. The zero-order valence-corrected chi connectivity index (χ0v) is 38.4. The average Bonchev–Trinajstić information content (AvgIpc) is 4.22. The Morgan fingerprint density at radius 2 is 0.478 bits per heavy atom. The lowest BCUT2D eigenvalue weighted by atomic mass is 10.1. The van der Waals surface area contributed by atoms with Gasteiger partial charge < -0.3 is 43.8 Å². The largest absolute Gasteiger partial charge is 0.328 e. The fraction of sp³-hybridized carbons (Fsp3) is 0.138. The van der Waals surface area contributed by atoms with Gasteiger partial charge in [-0.05, 0) is 119 Å². The molecule has 9 nitrogen and oxygen atoms in total. The minimum atomic E-state index is 0.705. The maximum absolute atomic E-state index is 2.49. The van der Waals surface area contributed by atoms with Crippen molar-refractivity contribution in [1.29, 1.82) is 0 Å². The van der Waals surface area contributed by atoms with Gasteiger partial charge in [0.2, 0.25) is 0 Å². The smallest absolute Gasteiger partial charge is 0.0989 e. The van der Waals surface area contributed by atoms with Gasteiger partial charge >= 0.3 is 0 Å². The predicted molar refractivity (Wildman–Crippen MR) is 281 cm³/mol. The van der Waals surface area contributed by atoms with Crippen LogP contribution in [-0.4, -0.2) is 31.2 Å². The van der Waals surface area contributed by atoms with Gasteiger partial charge in [-0.1, -0.05) is 82.9 Å². The van der Waals surface area contributed by atoms with Gasteiger partial charge in [-0.25, -0.2) is 0 Å². The van der Waals surface area contributed by atoms with Crippen molar-refractivity contribution in [3.8, 4) is 5.69 Å². The highest BCUT2D eigenvalue weighted by molar-refractivity contribution is 6.11. The lowest BCUT2D eigenvalue weighted by Crippen LogP contribution is -2.26. The Kier molecular flexibility index (Phi) is 9.78. The van der Waals surface area contributed by atoms with Crippen LogP contribution in [0.25, 0.3) is 27.5 Å². The molecule has 0 aliphatic carbocycles. The standard InChI is InChI=1S/C58H53N9/c1-42-5-13-46(14-6-42)59-25-29-63(38-59)50-21-23-55-56-24-22-51(64-30-26-60(39-64)47-15-7-43(2)8-16-47)37-58(56)67(57(55)36-50)54-34-52(65-31-27-61(40-65)48-17-9-44(3)10-18-48)33-53(35-54)66-32-28-62(41-66)49-19-11-45(4)12-20-49/h5-37H,38-41H2,1-4H3. The van der Waals surface area contributed by atoms with Crippen molar-refractivity contribution in [3.05, 3.63) is 224 Å². The Bertz CT molecular complexity index is 3060. The maximum atomic E-state index is 2.49. The van der Waals surface area contributed by atoms with Crippen LogP contribution in [0.2, 0.25) is 0 Å². The number of anilines is 8. The lowest BCUT2D eigenvalue weighted by Gasteiger charge is -2.26. The number of aromatic nitrogens is 1. The number of benzene rings is 7. The quantitative estimate of drug-likeness (QED) is 0.142. The van der Waals surface area contributed by atoms with Crippen LogP contribution >= 0.6 is 0 Å². The molecule has 0 spiro atoms. The first-order chi connectivity index (χ1) is 32.8. The molecular weight excluding hydrogens is 823 g/mol. The monoisotopic (exact) mass is 875 g/mol. The number of aryl methyl sites for hydroxylation is 4. The van der Waals surface area contributed by atoms with Gasteiger partial charge in [0, 0.05) is 106 Å². The van der Waals surface area contributed by atoms with Gasteiger partial charge in [0.05, 0.1) is 43.4 Å². The summed E-state index contributed by atoms with van der Waals surface area (Å²) in [5.41, 5.74) is 17.7. The number of rotatable bonds is 9. The third-order valence-corrected chi connectivity index (χ3v) is 13.6. The Balaban J connectivity index is 0.977. The number of nitrogens with zero attached hydrogens (tertiary/aromatic N) is 9. The fourth-order valence-corrected chi connectivity index (χ4v) is 9.64. The second kappa shape index (κ2) is 16.3. The highest BCUT2D eigenvalue weighted by atomic mass is 15.4. The van der Waals surface area contributed by atoms with E-state index in [0.29, 0.717) is 13.3 Å². The molecule has 330 valence electrons. The van der Waals surface area contributed by atoms with Crippen molar-refractivity contribution in [2.24, 2.45) is 0 Å². The van der Waals surface area contributed by atoms with Crippen molar-refractivity contribution < 1.29 is 0 Å². The molecule has 1 aromatic heterocycles. The summed E-state index contributed by atoms with van der Waals surface area (Å²) < 4.78 is 2.49. The molecule has 8 aromatic rings. The molecule has 5 heterocycles. The third kappa shape index (κ3) is 7.58. The molecule has 0 fully saturated rings. The summed E-state index contributed by atoms with van der Waals surface area (Å²) in [6.07, 6.45) is 17.6. The van der Waals surface area contributed by atoms with E-state index in [2.05, 4.69) is 273 Å². The second-order valence-corrected chi connectivity index (χ2v) is 18.3. The Hall–Kier alpha value is -8.30. The minimum Gasteiger partial charge on any atom is -0.328 e. The van der Waals surface area contributed by atoms with Gasteiger partial charge in [0.1, 0.15) is 0 Å². The van der Waals surface area contributed by atoms with Crippen molar-refractivity contribution >= 4 is 67.3 Å². The average molecular weight is 876 g/mol. The predicted octanol–water partition coefficient (Wildman–Crippen LogP) is 13.0. The molecule has 0 saturated carbocycles. The minimum absolute atomic E-state index is 0.705. The number of hydrogen-bond acceptors (Lipinski definition) is 8. The summed E-state index contributed by atoms with van der Waals surface area (Å²) in [5.74, 6) is 0. The first-order valence-corrected chi connectivity index (χ1v) is 23.1. The summed E-state index contributed by atoms with van der Waals surface area (Å²) in [6, 6.07) is 56.1. The van der Waals surface area contributed by atoms with Crippen LogP contribution in [0.3, 0.4) is 0 Å². The molecule has 0 bridgehead atoms. The van der Waals surface area contributed by atoms with Crippen molar-refractivity contribution in [2.45, 2.75) is 27.7 Å². The highest BCUT2D eigenvalue weighted by Crippen LogP contribution is 2.41. The molecule has 67 heavy (non-hydrogen) atoms. The van der Waals surface area contributed by atoms with E-state index in [4.69, 9.17) is 0 Å². The molecule has 0 radical (unpaired) electrons. The first-order valence-electron chi connectivity index (χ1n) is 23.1. The van der Waals surface area contributed by atoms with Gasteiger partial charge in [0.15, 0.2) is 0 Å². The van der Waals surface area contributed by atoms with E-state index in [0.717, 1.165) is 52.8 Å². The Labute approximate surface area is 393 Å². The normalized spacial score (nSPS) is 15.6. The van der Waals surface area contributed by atoms with E-state index in [1.807, 2.05) is 0 Å². The van der Waals surface area contributed by atoms with Gasteiger partial charge in [0.25, 0.3) is 0 Å². The Morgan fingerprint density at radius 3 is 0.776 bits per heavy atom. The molecule has 0 saturated heterocycles. The second-order valence-electron chi connectivity index (χ2n) is 18.3. The van der Waals surface area contributed by atoms with Gasteiger partial charge in [-0.3, -0.25) is 0 Å². The highest BCUT2D eigenvalue weighted by Gasteiger charge is 2.25. The van der Waals surface area contributed by atoms with Crippen LogP contribution in [0.15, 0.2) is 201 Å². The molecular formula is C58H53N9. The molecule has 9 heteroatoms. The van der Waals surface area contributed by atoms with Gasteiger partial charge in [-0.15, -0.1) is 0 Å². The van der Waals surface area contributed by atoms with Crippen molar-refractivity contribution in [2.75, 3.05) is 65.9 Å². The fourth-order valence-electron chi connectivity index (χ4n) is 9.64. The topological polar surface area (TPSA) is 30.9 Å².